The van der Waals surface area contributed by atoms with Gasteiger partial charge in [-0.3, -0.25) is 4.90 Å². The molecule has 2 aliphatic rings. The fraction of sp³-hybridized carbons (Fsp3) is 0.900. The van der Waals surface area contributed by atoms with Crippen LogP contribution in [-0.2, 0) is 0 Å². The number of likely N-dealkylation sites (tertiary alicyclic amines) is 1. The Balaban J connectivity index is 1.99. The minimum atomic E-state index is 0.0930. The third kappa shape index (κ3) is 1.81. The first-order chi connectivity index (χ1) is 7.20. The summed E-state index contributed by atoms with van der Waals surface area (Å²) in [6.07, 6.45) is 3.54. The molecule has 1 saturated carbocycles. The Hall–Kier alpha value is -0.810. The van der Waals surface area contributed by atoms with E-state index in [0.29, 0.717) is 12.5 Å². The second kappa shape index (κ2) is 3.98. The number of hydrogen-bond donors (Lipinski definition) is 3. The molecule has 2 fully saturated rings. The highest BCUT2D eigenvalue weighted by Gasteiger charge is 2.48. The molecule has 2 atom stereocenters. The molecule has 86 valence electrons. The van der Waals surface area contributed by atoms with Crippen molar-refractivity contribution in [3.63, 3.8) is 0 Å². The molecule has 0 aromatic heterocycles. The lowest BCUT2D eigenvalue weighted by Crippen LogP contribution is -2.35. The number of nitrogens with two attached hydrogens (primary N) is 1. The molecule has 15 heavy (non-hydrogen) atoms. The van der Waals surface area contributed by atoms with Crippen LogP contribution in [-0.4, -0.2) is 47.3 Å². The highest BCUT2D eigenvalue weighted by Crippen LogP contribution is 2.48. The van der Waals surface area contributed by atoms with E-state index in [0.717, 1.165) is 19.5 Å². The molecule has 1 saturated heterocycles. The number of hydrogen-bond acceptors (Lipinski definition) is 4. The van der Waals surface area contributed by atoms with E-state index >= 15 is 0 Å². The maximum absolute atomic E-state index is 9.50. The van der Waals surface area contributed by atoms with Crippen molar-refractivity contribution in [3.05, 3.63) is 0 Å². The Morgan fingerprint density at radius 2 is 2.40 bits per heavy atom. The smallest absolute Gasteiger partial charge is 0.153 e. The second-order valence-electron chi connectivity index (χ2n) is 4.87. The van der Waals surface area contributed by atoms with E-state index in [1.54, 1.807) is 0 Å². The second-order valence-corrected chi connectivity index (χ2v) is 4.87. The molecular formula is C10H19N3O2. The minimum Gasteiger partial charge on any atom is -0.409 e. The molecule has 4 N–H and O–H groups in total. The van der Waals surface area contributed by atoms with Crippen molar-refractivity contribution in [3.8, 4) is 0 Å². The summed E-state index contributed by atoms with van der Waals surface area (Å²) in [7, 11) is 0. The number of aliphatic hydroxyl groups is 1. The molecule has 0 spiro atoms. The van der Waals surface area contributed by atoms with Crippen LogP contribution >= 0.6 is 0 Å². The van der Waals surface area contributed by atoms with Gasteiger partial charge in [-0.05, 0) is 18.8 Å². The lowest BCUT2D eigenvalue weighted by Gasteiger charge is -2.26. The molecule has 1 heterocycles. The number of rotatable bonds is 3. The summed E-state index contributed by atoms with van der Waals surface area (Å²) >= 11 is 0. The third-order valence-corrected chi connectivity index (χ3v) is 3.94. The fourth-order valence-corrected chi connectivity index (χ4v) is 3.16. The van der Waals surface area contributed by atoms with Crippen molar-refractivity contribution in [1.29, 1.82) is 0 Å². The van der Waals surface area contributed by atoms with Gasteiger partial charge in [0.15, 0.2) is 5.84 Å². The molecule has 5 nitrogen and oxygen atoms in total. The largest absolute Gasteiger partial charge is 0.409 e. The van der Waals surface area contributed by atoms with Crippen molar-refractivity contribution in [2.45, 2.75) is 19.3 Å². The summed E-state index contributed by atoms with van der Waals surface area (Å²) in [5, 5.41) is 21.0. The number of oxime groups is 1. The van der Waals surface area contributed by atoms with E-state index < -0.39 is 0 Å². The summed E-state index contributed by atoms with van der Waals surface area (Å²) in [6.45, 7) is 2.63. The standard InChI is InChI=1S/C10H19N3O2/c11-9(12-15)5-13-4-8-2-1-3-10(8,6-13)7-14/h8,14-15H,1-7H2,(H2,11,12)/t8-,10+/m0/s1. The maximum atomic E-state index is 9.50. The fourth-order valence-electron chi connectivity index (χ4n) is 3.16. The molecular weight excluding hydrogens is 194 g/mol. The first-order valence-electron chi connectivity index (χ1n) is 5.50. The number of fused-ring (bicyclic) bond motifs is 1. The van der Waals surface area contributed by atoms with Crippen molar-refractivity contribution >= 4 is 5.84 Å². The summed E-state index contributed by atoms with van der Waals surface area (Å²) in [5.74, 6) is 0.844. The highest BCUT2D eigenvalue weighted by molar-refractivity contribution is 5.81. The van der Waals surface area contributed by atoms with Crippen LogP contribution in [0.15, 0.2) is 5.16 Å². The van der Waals surface area contributed by atoms with Crippen LogP contribution in [0.3, 0.4) is 0 Å². The van der Waals surface area contributed by atoms with Gasteiger partial charge >= 0.3 is 0 Å². The van der Waals surface area contributed by atoms with Crippen molar-refractivity contribution < 1.29 is 10.3 Å². The molecule has 0 aromatic rings. The summed E-state index contributed by atoms with van der Waals surface area (Å²) in [5.41, 5.74) is 5.58. The molecule has 0 bridgehead atoms. The van der Waals surface area contributed by atoms with Crippen LogP contribution in [0.5, 0.6) is 0 Å². The van der Waals surface area contributed by atoms with Gasteiger partial charge in [0.2, 0.25) is 0 Å². The van der Waals surface area contributed by atoms with Crippen LogP contribution < -0.4 is 5.73 Å². The van der Waals surface area contributed by atoms with Crippen LogP contribution in [0.25, 0.3) is 0 Å². The average molecular weight is 213 g/mol. The van der Waals surface area contributed by atoms with Crippen molar-refractivity contribution in [2.24, 2.45) is 22.2 Å². The quantitative estimate of drug-likeness (QED) is 0.263. The zero-order valence-corrected chi connectivity index (χ0v) is 8.89. The summed E-state index contributed by atoms with van der Waals surface area (Å²) in [4.78, 5) is 2.18. The number of amidine groups is 1. The van der Waals surface area contributed by atoms with E-state index in [2.05, 4.69) is 10.1 Å². The highest BCUT2D eigenvalue weighted by atomic mass is 16.4. The van der Waals surface area contributed by atoms with Gasteiger partial charge in [-0.2, -0.15) is 0 Å². The van der Waals surface area contributed by atoms with Gasteiger partial charge in [-0.1, -0.05) is 11.6 Å². The molecule has 0 aromatic carbocycles. The van der Waals surface area contributed by atoms with E-state index in [9.17, 15) is 5.11 Å². The van der Waals surface area contributed by atoms with Crippen LogP contribution in [0, 0.1) is 11.3 Å². The van der Waals surface area contributed by atoms with Gasteiger partial charge in [0.25, 0.3) is 0 Å². The van der Waals surface area contributed by atoms with Gasteiger partial charge in [-0.15, -0.1) is 0 Å². The minimum absolute atomic E-state index is 0.0930. The van der Waals surface area contributed by atoms with Gasteiger partial charge in [-0.25, -0.2) is 0 Å². The molecule has 1 aliphatic heterocycles. The molecule has 0 radical (unpaired) electrons. The van der Waals surface area contributed by atoms with Crippen molar-refractivity contribution in [2.75, 3.05) is 26.2 Å². The van der Waals surface area contributed by atoms with Crippen molar-refractivity contribution in [1.82, 2.24) is 4.90 Å². The Morgan fingerprint density at radius 1 is 1.60 bits per heavy atom. The Labute approximate surface area is 89.5 Å². The zero-order chi connectivity index (χ0) is 10.9. The van der Waals surface area contributed by atoms with Crippen LogP contribution in [0.1, 0.15) is 19.3 Å². The first kappa shape index (κ1) is 10.7. The van der Waals surface area contributed by atoms with E-state index in [1.165, 1.54) is 12.8 Å². The van der Waals surface area contributed by atoms with Gasteiger partial charge in [0.05, 0.1) is 13.2 Å². The summed E-state index contributed by atoms with van der Waals surface area (Å²) in [6, 6.07) is 0. The molecule has 1 aliphatic carbocycles. The monoisotopic (exact) mass is 213 g/mol. The molecule has 5 heteroatoms. The SMILES string of the molecule is NC(CN1C[C@@H]2CCC[C@]2(CO)C1)=NO. The zero-order valence-electron chi connectivity index (χ0n) is 8.89. The molecule has 2 rings (SSSR count). The normalized spacial score (nSPS) is 37.1. The molecule has 0 amide bonds. The summed E-state index contributed by atoms with van der Waals surface area (Å²) < 4.78 is 0. The molecule has 0 unspecified atom stereocenters. The lowest BCUT2D eigenvalue weighted by atomic mass is 9.82. The predicted octanol–water partition coefficient (Wildman–Crippen LogP) is -0.173. The maximum Gasteiger partial charge on any atom is 0.153 e. The number of nitrogens with zero attached hydrogens (tertiary/aromatic N) is 2. The Morgan fingerprint density at radius 3 is 3.00 bits per heavy atom. The third-order valence-electron chi connectivity index (χ3n) is 3.94. The van der Waals surface area contributed by atoms with Gasteiger partial charge < -0.3 is 16.0 Å². The van der Waals surface area contributed by atoms with Gasteiger partial charge in [0.1, 0.15) is 0 Å². The Bertz CT molecular complexity index is 269. The van der Waals surface area contributed by atoms with E-state index in [1.807, 2.05) is 0 Å². The predicted molar refractivity (Wildman–Crippen MR) is 56.7 cm³/mol. The topological polar surface area (TPSA) is 82.1 Å². The van der Waals surface area contributed by atoms with Gasteiger partial charge in [0, 0.05) is 18.5 Å². The first-order valence-corrected chi connectivity index (χ1v) is 5.50. The lowest BCUT2D eigenvalue weighted by molar-refractivity contribution is 0.113. The van der Waals surface area contributed by atoms with E-state index in [-0.39, 0.29) is 17.9 Å². The number of aliphatic hydroxyl groups excluding tert-OH is 1. The van der Waals surface area contributed by atoms with Crippen LogP contribution in [0.2, 0.25) is 0 Å². The Kier molecular flexibility index (Phi) is 2.84. The van der Waals surface area contributed by atoms with E-state index in [4.69, 9.17) is 10.9 Å². The van der Waals surface area contributed by atoms with Crippen LogP contribution in [0.4, 0.5) is 0 Å². The average Bonchev–Trinajstić information content (AvgIpc) is 2.74.